The van der Waals surface area contributed by atoms with Gasteiger partial charge in [-0.1, -0.05) is 13.8 Å². The lowest BCUT2D eigenvalue weighted by atomic mass is 9.81. The predicted molar refractivity (Wildman–Crippen MR) is 58.9 cm³/mol. The van der Waals surface area contributed by atoms with Gasteiger partial charge in [-0.3, -0.25) is 4.90 Å². The summed E-state index contributed by atoms with van der Waals surface area (Å²) < 4.78 is 0. The number of nitrogens with zero attached hydrogens (tertiary/aromatic N) is 1. The first-order valence-electron chi connectivity index (χ1n) is 5.79. The van der Waals surface area contributed by atoms with Gasteiger partial charge in [0, 0.05) is 12.1 Å². The fourth-order valence-electron chi connectivity index (χ4n) is 2.82. The van der Waals surface area contributed by atoms with Crippen LogP contribution in [0.15, 0.2) is 0 Å². The number of rotatable bonds is 2. The Kier molecular flexibility index (Phi) is 3.78. The van der Waals surface area contributed by atoms with E-state index in [0.29, 0.717) is 0 Å². The van der Waals surface area contributed by atoms with Crippen molar-refractivity contribution in [3.05, 3.63) is 0 Å². The van der Waals surface area contributed by atoms with E-state index < -0.39 is 0 Å². The Labute approximate surface area is 83.5 Å². The summed E-state index contributed by atoms with van der Waals surface area (Å²) >= 11 is 0. The molecule has 1 aliphatic rings. The SMILES string of the molecule is CC(C)[C@H]1CCCN(C(C)C)[C@@H]1C. The fourth-order valence-corrected chi connectivity index (χ4v) is 2.82. The summed E-state index contributed by atoms with van der Waals surface area (Å²) in [5.41, 5.74) is 0. The molecule has 1 rings (SSSR count). The fraction of sp³-hybridized carbons (Fsp3) is 1.00. The maximum Gasteiger partial charge on any atom is 0.0100 e. The normalized spacial score (nSPS) is 31.6. The van der Waals surface area contributed by atoms with E-state index in [0.717, 1.165) is 23.9 Å². The van der Waals surface area contributed by atoms with Crippen LogP contribution in [0.5, 0.6) is 0 Å². The largest absolute Gasteiger partial charge is 0.298 e. The number of likely N-dealkylation sites (tertiary alicyclic amines) is 1. The molecule has 1 fully saturated rings. The van der Waals surface area contributed by atoms with E-state index in [9.17, 15) is 0 Å². The molecule has 0 bridgehead atoms. The number of hydrogen-bond donors (Lipinski definition) is 0. The molecule has 0 radical (unpaired) electrons. The van der Waals surface area contributed by atoms with Gasteiger partial charge in [0.25, 0.3) is 0 Å². The first-order valence-corrected chi connectivity index (χ1v) is 5.79. The van der Waals surface area contributed by atoms with E-state index in [4.69, 9.17) is 0 Å². The van der Waals surface area contributed by atoms with E-state index in [1.54, 1.807) is 0 Å². The zero-order valence-corrected chi connectivity index (χ0v) is 9.88. The van der Waals surface area contributed by atoms with Crippen molar-refractivity contribution in [1.29, 1.82) is 0 Å². The van der Waals surface area contributed by atoms with E-state index in [2.05, 4.69) is 39.5 Å². The number of piperidine rings is 1. The summed E-state index contributed by atoms with van der Waals surface area (Å²) in [6.45, 7) is 13.1. The van der Waals surface area contributed by atoms with E-state index in [1.807, 2.05) is 0 Å². The van der Waals surface area contributed by atoms with Crippen LogP contribution in [0.2, 0.25) is 0 Å². The highest BCUT2D eigenvalue weighted by atomic mass is 15.2. The number of hydrogen-bond acceptors (Lipinski definition) is 1. The molecule has 0 aromatic carbocycles. The molecule has 1 aliphatic heterocycles. The van der Waals surface area contributed by atoms with Gasteiger partial charge in [-0.2, -0.15) is 0 Å². The van der Waals surface area contributed by atoms with Crippen LogP contribution in [0.25, 0.3) is 0 Å². The van der Waals surface area contributed by atoms with Crippen molar-refractivity contribution < 1.29 is 0 Å². The monoisotopic (exact) mass is 183 g/mol. The molecule has 0 aromatic rings. The van der Waals surface area contributed by atoms with Gasteiger partial charge in [0.15, 0.2) is 0 Å². The van der Waals surface area contributed by atoms with Gasteiger partial charge in [0.1, 0.15) is 0 Å². The van der Waals surface area contributed by atoms with Crippen LogP contribution in [0, 0.1) is 11.8 Å². The van der Waals surface area contributed by atoms with Crippen LogP contribution in [0.1, 0.15) is 47.5 Å². The van der Waals surface area contributed by atoms with Crippen LogP contribution in [-0.2, 0) is 0 Å². The van der Waals surface area contributed by atoms with Crippen LogP contribution in [0.4, 0.5) is 0 Å². The second-order valence-electron chi connectivity index (χ2n) is 5.12. The minimum absolute atomic E-state index is 0.719. The van der Waals surface area contributed by atoms with Crippen molar-refractivity contribution in [3.8, 4) is 0 Å². The Morgan fingerprint density at radius 2 is 1.77 bits per heavy atom. The van der Waals surface area contributed by atoms with Crippen molar-refractivity contribution in [1.82, 2.24) is 4.90 Å². The summed E-state index contributed by atoms with van der Waals surface area (Å²) in [7, 11) is 0. The van der Waals surface area contributed by atoms with Crippen molar-refractivity contribution in [2.75, 3.05) is 6.54 Å². The molecule has 1 saturated heterocycles. The molecule has 0 N–H and O–H groups in total. The summed E-state index contributed by atoms with van der Waals surface area (Å²) in [5, 5.41) is 0. The molecule has 0 amide bonds. The Bertz CT molecular complexity index is 135. The van der Waals surface area contributed by atoms with Crippen LogP contribution >= 0.6 is 0 Å². The highest BCUT2D eigenvalue weighted by Crippen LogP contribution is 2.30. The zero-order valence-electron chi connectivity index (χ0n) is 9.88. The quantitative estimate of drug-likeness (QED) is 0.635. The van der Waals surface area contributed by atoms with Gasteiger partial charge < -0.3 is 0 Å². The lowest BCUT2D eigenvalue weighted by Crippen LogP contribution is -2.48. The van der Waals surface area contributed by atoms with Gasteiger partial charge >= 0.3 is 0 Å². The third-order valence-electron chi connectivity index (χ3n) is 3.62. The molecule has 0 saturated carbocycles. The van der Waals surface area contributed by atoms with Crippen molar-refractivity contribution in [2.45, 2.75) is 59.5 Å². The maximum atomic E-state index is 2.66. The Hall–Kier alpha value is -0.0400. The molecule has 0 unspecified atom stereocenters. The van der Waals surface area contributed by atoms with Crippen molar-refractivity contribution in [2.24, 2.45) is 11.8 Å². The molecule has 0 spiro atoms. The summed E-state index contributed by atoms with van der Waals surface area (Å²) in [5.74, 6) is 1.76. The van der Waals surface area contributed by atoms with Gasteiger partial charge in [-0.15, -0.1) is 0 Å². The second kappa shape index (κ2) is 4.45. The average Bonchev–Trinajstić information content (AvgIpc) is 2.03. The Morgan fingerprint density at radius 3 is 2.23 bits per heavy atom. The highest BCUT2D eigenvalue weighted by molar-refractivity contribution is 4.84. The first-order chi connectivity index (χ1) is 6.04. The van der Waals surface area contributed by atoms with Crippen LogP contribution < -0.4 is 0 Å². The minimum Gasteiger partial charge on any atom is -0.298 e. The van der Waals surface area contributed by atoms with Crippen molar-refractivity contribution >= 4 is 0 Å². The summed E-state index contributed by atoms with van der Waals surface area (Å²) in [6.07, 6.45) is 2.83. The van der Waals surface area contributed by atoms with E-state index >= 15 is 0 Å². The predicted octanol–water partition coefficient (Wildman–Crippen LogP) is 3.15. The zero-order chi connectivity index (χ0) is 10.0. The lowest BCUT2D eigenvalue weighted by molar-refractivity contribution is 0.0543. The smallest absolute Gasteiger partial charge is 0.0100 e. The average molecular weight is 183 g/mol. The highest BCUT2D eigenvalue weighted by Gasteiger charge is 2.30. The molecule has 0 aliphatic carbocycles. The molecular formula is C12H25N. The lowest BCUT2D eigenvalue weighted by Gasteiger charge is -2.43. The third-order valence-corrected chi connectivity index (χ3v) is 3.62. The first kappa shape index (κ1) is 11.0. The molecule has 1 heteroatoms. The van der Waals surface area contributed by atoms with Gasteiger partial charge in [0.05, 0.1) is 0 Å². The van der Waals surface area contributed by atoms with Crippen LogP contribution in [0.3, 0.4) is 0 Å². The van der Waals surface area contributed by atoms with Gasteiger partial charge in [-0.25, -0.2) is 0 Å². The van der Waals surface area contributed by atoms with E-state index in [-0.39, 0.29) is 0 Å². The molecule has 2 atom stereocenters. The summed E-state index contributed by atoms with van der Waals surface area (Å²) in [6, 6.07) is 1.50. The minimum atomic E-state index is 0.719. The van der Waals surface area contributed by atoms with Gasteiger partial charge in [0.2, 0.25) is 0 Å². The third kappa shape index (κ3) is 2.46. The van der Waals surface area contributed by atoms with Crippen molar-refractivity contribution in [3.63, 3.8) is 0 Å². The topological polar surface area (TPSA) is 3.24 Å². The Balaban J connectivity index is 2.60. The Morgan fingerprint density at radius 1 is 1.15 bits per heavy atom. The molecular weight excluding hydrogens is 158 g/mol. The molecule has 1 nitrogen and oxygen atoms in total. The molecule has 13 heavy (non-hydrogen) atoms. The van der Waals surface area contributed by atoms with E-state index in [1.165, 1.54) is 19.4 Å². The summed E-state index contributed by atoms with van der Waals surface area (Å²) in [4.78, 5) is 2.66. The van der Waals surface area contributed by atoms with Gasteiger partial charge in [-0.05, 0) is 52.0 Å². The maximum absolute atomic E-state index is 2.66. The molecule has 1 heterocycles. The second-order valence-corrected chi connectivity index (χ2v) is 5.12. The standard InChI is InChI=1S/C12H25N/c1-9(2)12-7-6-8-13(10(3)4)11(12)5/h9-12H,6-8H2,1-5H3/t11-,12-/m1/s1. The molecule has 0 aromatic heterocycles. The molecule has 78 valence electrons. The van der Waals surface area contributed by atoms with Crippen LogP contribution in [-0.4, -0.2) is 23.5 Å².